The highest BCUT2D eigenvalue weighted by molar-refractivity contribution is 7.18. The van der Waals surface area contributed by atoms with Crippen molar-refractivity contribution in [2.45, 2.75) is 33.9 Å². The van der Waals surface area contributed by atoms with Crippen molar-refractivity contribution in [1.82, 2.24) is 14.6 Å². The summed E-state index contributed by atoms with van der Waals surface area (Å²) in [5.74, 6) is -2.08. The van der Waals surface area contributed by atoms with Crippen molar-refractivity contribution in [2.75, 3.05) is 11.9 Å². The van der Waals surface area contributed by atoms with Crippen molar-refractivity contribution in [3.63, 3.8) is 0 Å². The number of thiophene rings is 1. The van der Waals surface area contributed by atoms with E-state index >= 15 is 0 Å². The lowest BCUT2D eigenvalue weighted by atomic mass is 10.1. The lowest BCUT2D eigenvalue weighted by Gasteiger charge is -2.09. The fraction of sp³-hybridized carbons (Fsp3) is 0.316. The number of ketones is 1. The molecule has 3 aromatic heterocycles. The molecule has 32 heavy (non-hydrogen) atoms. The second-order valence-corrected chi connectivity index (χ2v) is 8.07. The Morgan fingerprint density at radius 2 is 1.94 bits per heavy atom. The highest BCUT2D eigenvalue weighted by Crippen LogP contribution is 2.36. The number of Topliss-reactive ketones (excluding diaryl/α,β-unsaturated/α-hetero) is 1. The van der Waals surface area contributed by atoms with Crippen LogP contribution >= 0.6 is 22.9 Å². The minimum Gasteiger partial charge on any atom is -0.462 e. The van der Waals surface area contributed by atoms with Gasteiger partial charge in [0.05, 0.1) is 17.0 Å². The predicted molar refractivity (Wildman–Crippen MR) is 111 cm³/mol. The fourth-order valence-electron chi connectivity index (χ4n) is 3.01. The summed E-state index contributed by atoms with van der Waals surface area (Å²) in [7, 11) is 0. The van der Waals surface area contributed by atoms with Crippen molar-refractivity contribution >= 4 is 51.2 Å². The van der Waals surface area contributed by atoms with Crippen LogP contribution in [0.5, 0.6) is 0 Å². The van der Waals surface area contributed by atoms with E-state index in [1.165, 1.54) is 20.8 Å². The molecule has 0 aliphatic rings. The smallest absolute Gasteiger partial charge is 0.433 e. The molecule has 3 rings (SSSR count). The number of rotatable bonds is 5. The molecule has 3 heterocycles. The summed E-state index contributed by atoms with van der Waals surface area (Å²) in [5.41, 5.74) is -1.71. The van der Waals surface area contributed by atoms with E-state index in [9.17, 15) is 27.6 Å². The number of ether oxygens (including phenoxy) is 1. The molecule has 0 fully saturated rings. The third-order valence-corrected chi connectivity index (χ3v) is 6.00. The molecule has 0 spiro atoms. The average molecular weight is 489 g/mol. The largest absolute Gasteiger partial charge is 0.462 e. The van der Waals surface area contributed by atoms with Gasteiger partial charge in [-0.05, 0) is 39.3 Å². The topological polar surface area (TPSA) is 103 Å². The molecule has 0 aliphatic heterocycles. The summed E-state index contributed by atoms with van der Waals surface area (Å²) in [4.78, 5) is 41.3. The molecule has 0 bridgehead atoms. The zero-order valence-corrected chi connectivity index (χ0v) is 18.8. The number of aryl methyl sites for hydroxylation is 1. The Balaban J connectivity index is 2.10. The predicted octanol–water partition coefficient (Wildman–Crippen LogP) is 4.71. The molecule has 13 heteroatoms. The number of amides is 1. The van der Waals surface area contributed by atoms with Crippen LogP contribution < -0.4 is 5.32 Å². The van der Waals surface area contributed by atoms with Gasteiger partial charge in [0, 0.05) is 5.69 Å². The number of aromatic nitrogens is 3. The van der Waals surface area contributed by atoms with Crippen LogP contribution in [-0.4, -0.2) is 38.9 Å². The normalized spacial score (nSPS) is 11.6. The van der Waals surface area contributed by atoms with Crippen LogP contribution in [0.1, 0.15) is 61.3 Å². The molecule has 0 atom stereocenters. The van der Waals surface area contributed by atoms with Gasteiger partial charge in [-0.1, -0.05) is 11.6 Å². The van der Waals surface area contributed by atoms with Crippen LogP contribution in [0.2, 0.25) is 5.02 Å². The lowest BCUT2D eigenvalue weighted by Crippen LogP contribution is -2.17. The van der Waals surface area contributed by atoms with Gasteiger partial charge in [0.15, 0.2) is 17.1 Å². The maximum Gasteiger partial charge on any atom is 0.433 e. The Labute approximate surface area is 188 Å². The van der Waals surface area contributed by atoms with Gasteiger partial charge in [-0.15, -0.1) is 11.3 Å². The molecule has 1 N–H and O–H groups in total. The molecule has 0 unspecified atom stereocenters. The summed E-state index contributed by atoms with van der Waals surface area (Å²) < 4.78 is 45.7. The number of fused-ring (bicyclic) bond motifs is 1. The van der Waals surface area contributed by atoms with Gasteiger partial charge in [-0.25, -0.2) is 14.3 Å². The number of halogens is 4. The fourth-order valence-corrected chi connectivity index (χ4v) is 4.34. The van der Waals surface area contributed by atoms with E-state index < -0.39 is 34.5 Å². The summed E-state index contributed by atoms with van der Waals surface area (Å²) in [5, 5.41) is 5.71. The number of carbonyl (C=O) groups is 3. The van der Waals surface area contributed by atoms with Gasteiger partial charge in [-0.2, -0.15) is 18.3 Å². The molecule has 0 radical (unpaired) electrons. The van der Waals surface area contributed by atoms with Crippen LogP contribution in [-0.2, 0) is 10.9 Å². The van der Waals surface area contributed by atoms with Crippen molar-refractivity contribution < 1.29 is 32.3 Å². The van der Waals surface area contributed by atoms with E-state index in [1.807, 2.05) is 0 Å². The van der Waals surface area contributed by atoms with Gasteiger partial charge in [-0.3, -0.25) is 9.59 Å². The minimum absolute atomic E-state index is 0.00976. The van der Waals surface area contributed by atoms with Crippen LogP contribution in [0.15, 0.2) is 6.07 Å². The molecule has 170 valence electrons. The molecule has 0 saturated carbocycles. The first kappa shape index (κ1) is 23.7. The quantitative estimate of drug-likeness (QED) is 0.412. The maximum absolute atomic E-state index is 13.4. The van der Waals surface area contributed by atoms with Gasteiger partial charge in [0.25, 0.3) is 5.91 Å². The Hall–Kier alpha value is -2.99. The summed E-state index contributed by atoms with van der Waals surface area (Å²) >= 11 is 6.97. The first-order valence-electron chi connectivity index (χ1n) is 9.12. The first-order chi connectivity index (χ1) is 14.9. The monoisotopic (exact) mass is 488 g/mol. The molecule has 0 aliphatic carbocycles. The zero-order chi connectivity index (χ0) is 24.0. The van der Waals surface area contributed by atoms with Crippen molar-refractivity contribution in [2.24, 2.45) is 0 Å². The van der Waals surface area contributed by atoms with Crippen molar-refractivity contribution in [3.05, 3.63) is 44.2 Å². The lowest BCUT2D eigenvalue weighted by molar-refractivity contribution is -0.142. The average Bonchev–Trinajstić information content (AvgIpc) is 3.18. The molecule has 0 aromatic carbocycles. The zero-order valence-electron chi connectivity index (χ0n) is 17.2. The minimum atomic E-state index is -4.77. The number of alkyl halides is 3. The Morgan fingerprint density at radius 3 is 2.50 bits per heavy atom. The third-order valence-electron chi connectivity index (χ3n) is 4.34. The maximum atomic E-state index is 13.4. The molecule has 8 nitrogen and oxygen atoms in total. The van der Waals surface area contributed by atoms with E-state index in [0.717, 1.165) is 17.4 Å². The van der Waals surface area contributed by atoms with Crippen LogP contribution in [0.25, 0.3) is 5.65 Å². The van der Waals surface area contributed by atoms with Crippen molar-refractivity contribution in [3.8, 4) is 0 Å². The van der Waals surface area contributed by atoms with Gasteiger partial charge >= 0.3 is 12.1 Å². The summed E-state index contributed by atoms with van der Waals surface area (Å²) in [6.07, 6.45) is -4.77. The highest BCUT2D eigenvalue weighted by Gasteiger charge is 2.36. The molecular weight excluding hydrogens is 473 g/mol. The molecule has 3 aromatic rings. The number of nitrogens with zero attached hydrogens (tertiary/aromatic N) is 3. The molecular formula is C19H16ClF3N4O4S. The number of esters is 1. The van der Waals surface area contributed by atoms with E-state index in [0.29, 0.717) is 10.1 Å². The van der Waals surface area contributed by atoms with Crippen LogP contribution in [0.4, 0.5) is 18.2 Å². The second-order valence-electron chi connectivity index (χ2n) is 6.67. The number of anilines is 1. The third kappa shape index (κ3) is 4.19. The first-order valence-corrected chi connectivity index (χ1v) is 10.3. The van der Waals surface area contributed by atoms with Gasteiger partial charge in [0.2, 0.25) is 0 Å². The molecule has 1 amide bonds. The highest BCUT2D eigenvalue weighted by atomic mass is 35.5. The summed E-state index contributed by atoms with van der Waals surface area (Å²) in [6, 6.07) is 0.776. The van der Waals surface area contributed by atoms with Crippen LogP contribution in [0, 0.1) is 13.8 Å². The summed E-state index contributed by atoms with van der Waals surface area (Å²) in [6.45, 7) is 5.82. The standard InChI is InChI=1S/C19H16ClF3N4O4S/c1-5-31-18(30)11-8(3)14(9(4)28)32-17(11)25-16(29)13-12(20)15-24-7(2)6-10(19(21,22)23)27(15)26-13/h6H,5H2,1-4H3,(H,25,29). The van der Waals surface area contributed by atoms with E-state index in [4.69, 9.17) is 16.3 Å². The number of carbonyl (C=O) groups excluding carboxylic acids is 3. The number of hydrogen-bond acceptors (Lipinski definition) is 7. The van der Waals surface area contributed by atoms with Gasteiger partial charge < -0.3 is 10.1 Å². The molecule has 0 saturated heterocycles. The Kier molecular flexibility index (Phi) is 6.29. The SMILES string of the molecule is CCOC(=O)c1c(NC(=O)c2nn3c(C(F)(F)F)cc(C)nc3c2Cl)sc(C(C)=O)c1C. The number of nitrogens with one attached hydrogen (secondary N) is 1. The van der Waals surface area contributed by atoms with Crippen LogP contribution in [0.3, 0.4) is 0 Å². The van der Waals surface area contributed by atoms with E-state index in [-0.39, 0.29) is 39.2 Å². The van der Waals surface area contributed by atoms with Gasteiger partial charge in [0.1, 0.15) is 15.7 Å². The van der Waals surface area contributed by atoms with Crippen molar-refractivity contribution in [1.29, 1.82) is 0 Å². The number of hydrogen-bond donors (Lipinski definition) is 1. The van der Waals surface area contributed by atoms with E-state index in [1.54, 1.807) is 6.92 Å². The Morgan fingerprint density at radius 1 is 1.28 bits per heavy atom. The van der Waals surface area contributed by atoms with E-state index in [2.05, 4.69) is 15.4 Å². The Bertz CT molecular complexity index is 1270. The second kappa shape index (κ2) is 8.51.